The fraction of sp³-hybridized carbons (Fsp3) is 0.562. The van der Waals surface area contributed by atoms with E-state index in [-0.39, 0.29) is 17.8 Å². The molecule has 2 aromatic rings. The molecule has 0 spiro atoms. The van der Waals surface area contributed by atoms with E-state index in [1.54, 1.807) is 10.9 Å². The van der Waals surface area contributed by atoms with Crippen LogP contribution in [0.4, 0.5) is 0 Å². The molecular weight excluding hydrogens is 322 g/mol. The van der Waals surface area contributed by atoms with Crippen LogP contribution in [0.2, 0.25) is 0 Å². The number of aliphatic hydroxyl groups excluding tert-OH is 1. The lowest BCUT2D eigenvalue weighted by Crippen LogP contribution is -2.39. The molecule has 0 bridgehead atoms. The Balaban J connectivity index is 1.39. The van der Waals surface area contributed by atoms with Crippen molar-refractivity contribution in [1.29, 1.82) is 5.26 Å². The second-order valence-electron chi connectivity index (χ2n) is 6.35. The van der Waals surface area contributed by atoms with Crippen LogP contribution in [-0.2, 0) is 17.9 Å². The van der Waals surface area contributed by atoms with Crippen molar-refractivity contribution in [1.82, 2.24) is 29.9 Å². The van der Waals surface area contributed by atoms with Gasteiger partial charge in [-0.1, -0.05) is 0 Å². The second-order valence-corrected chi connectivity index (χ2v) is 6.35. The Bertz CT molecular complexity index is 734. The minimum absolute atomic E-state index is 0.0792. The molecule has 1 aliphatic rings. The second kappa shape index (κ2) is 7.90. The Labute approximate surface area is 145 Å². The van der Waals surface area contributed by atoms with Crippen molar-refractivity contribution in [3.05, 3.63) is 30.6 Å². The zero-order valence-corrected chi connectivity index (χ0v) is 13.8. The van der Waals surface area contributed by atoms with Crippen molar-refractivity contribution in [2.45, 2.75) is 50.9 Å². The molecule has 25 heavy (non-hydrogen) atoms. The molecule has 1 saturated carbocycles. The van der Waals surface area contributed by atoms with Crippen LogP contribution < -0.4 is 5.32 Å². The van der Waals surface area contributed by atoms with Crippen molar-refractivity contribution in [3.63, 3.8) is 0 Å². The summed E-state index contributed by atoms with van der Waals surface area (Å²) in [6, 6.07) is 3.53. The number of aryl methyl sites for hydroxylation is 1. The zero-order valence-electron chi connectivity index (χ0n) is 13.8. The summed E-state index contributed by atoms with van der Waals surface area (Å²) in [6.45, 7) is 1.28. The highest BCUT2D eigenvalue weighted by Crippen LogP contribution is 2.27. The third-order valence-corrected chi connectivity index (χ3v) is 4.40. The maximum absolute atomic E-state index is 12.1. The molecule has 0 aromatic carbocycles. The number of hydrogen-bond donors (Lipinski definition) is 2. The predicted molar refractivity (Wildman–Crippen MR) is 86.9 cm³/mol. The van der Waals surface area contributed by atoms with Crippen molar-refractivity contribution < 1.29 is 9.90 Å². The van der Waals surface area contributed by atoms with E-state index in [2.05, 4.69) is 20.5 Å². The van der Waals surface area contributed by atoms with E-state index in [0.717, 1.165) is 13.0 Å². The van der Waals surface area contributed by atoms with Gasteiger partial charge >= 0.3 is 0 Å². The number of amides is 1. The van der Waals surface area contributed by atoms with Crippen LogP contribution in [0.15, 0.2) is 24.8 Å². The Hall–Kier alpha value is -2.73. The molecule has 1 unspecified atom stereocenters. The molecule has 2 aromatic heterocycles. The summed E-state index contributed by atoms with van der Waals surface area (Å²) in [4.78, 5) is 15.9. The average Bonchev–Trinajstić information content (AvgIpc) is 3.31. The lowest BCUT2D eigenvalue weighted by atomic mass is 10.1. The highest BCUT2D eigenvalue weighted by atomic mass is 16.3. The van der Waals surface area contributed by atoms with Gasteiger partial charge in [0.15, 0.2) is 0 Å². The monoisotopic (exact) mass is 343 g/mol. The number of carbonyl (C=O) groups excluding carboxylic acids is 1. The van der Waals surface area contributed by atoms with Gasteiger partial charge in [0.1, 0.15) is 12.4 Å². The number of nitriles is 1. The fourth-order valence-corrected chi connectivity index (χ4v) is 3.23. The topological polar surface area (TPSA) is 122 Å². The Morgan fingerprint density at radius 3 is 3.04 bits per heavy atom. The Morgan fingerprint density at radius 1 is 1.44 bits per heavy atom. The van der Waals surface area contributed by atoms with E-state index in [4.69, 9.17) is 5.26 Å². The minimum atomic E-state index is -0.516. The average molecular weight is 343 g/mol. The van der Waals surface area contributed by atoms with Gasteiger partial charge in [-0.2, -0.15) is 10.4 Å². The van der Waals surface area contributed by atoms with E-state index in [1.807, 2.05) is 23.0 Å². The van der Waals surface area contributed by atoms with Crippen LogP contribution >= 0.6 is 0 Å². The normalized spacial score (nSPS) is 22.6. The smallest absolute Gasteiger partial charge is 0.252 e. The van der Waals surface area contributed by atoms with Crippen molar-refractivity contribution >= 4 is 5.91 Å². The maximum atomic E-state index is 12.1. The molecule has 1 amide bonds. The van der Waals surface area contributed by atoms with E-state index in [1.165, 1.54) is 6.33 Å². The number of carbonyl (C=O) groups is 1. The van der Waals surface area contributed by atoms with Crippen LogP contribution in [0.5, 0.6) is 0 Å². The van der Waals surface area contributed by atoms with E-state index < -0.39 is 6.10 Å². The molecule has 1 fully saturated rings. The number of aliphatic hydroxyl groups is 1. The van der Waals surface area contributed by atoms with Gasteiger partial charge in [0.05, 0.1) is 12.1 Å². The molecule has 2 N–H and O–H groups in total. The third-order valence-electron chi connectivity index (χ3n) is 4.40. The highest BCUT2D eigenvalue weighted by molar-refractivity contribution is 5.76. The van der Waals surface area contributed by atoms with Crippen LogP contribution in [0.3, 0.4) is 0 Å². The fourth-order valence-electron chi connectivity index (χ4n) is 3.23. The van der Waals surface area contributed by atoms with E-state index >= 15 is 0 Å². The van der Waals surface area contributed by atoms with Gasteiger partial charge in [0.25, 0.3) is 5.82 Å². The number of rotatable bonds is 7. The summed E-state index contributed by atoms with van der Waals surface area (Å²) in [7, 11) is 0. The molecule has 2 heterocycles. The molecule has 9 nitrogen and oxygen atoms in total. The summed E-state index contributed by atoms with van der Waals surface area (Å²) in [5, 5.41) is 29.9. The molecule has 132 valence electrons. The Morgan fingerprint density at radius 2 is 2.32 bits per heavy atom. The van der Waals surface area contributed by atoms with Gasteiger partial charge in [-0.25, -0.2) is 4.98 Å². The molecule has 3 atom stereocenters. The van der Waals surface area contributed by atoms with E-state index in [0.29, 0.717) is 31.7 Å². The first-order valence-electron chi connectivity index (χ1n) is 8.38. The quantitative estimate of drug-likeness (QED) is 0.734. The van der Waals surface area contributed by atoms with Gasteiger partial charge in [-0.05, 0) is 31.2 Å². The summed E-state index contributed by atoms with van der Waals surface area (Å²) < 4.78 is 3.41. The summed E-state index contributed by atoms with van der Waals surface area (Å²) in [6.07, 6.45) is 6.96. The largest absolute Gasteiger partial charge is 0.391 e. The first-order valence-corrected chi connectivity index (χ1v) is 8.38. The molecule has 9 heteroatoms. The van der Waals surface area contributed by atoms with Crippen LogP contribution in [-0.4, -0.2) is 47.7 Å². The number of nitrogens with zero attached hydrogens (tertiary/aromatic N) is 6. The number of nitrogens with one attached hydrogen (secondary N) is 1. The third kappa shape index (κ3) is 4.64. The summed E-state index contributed by atoms with van der Waals surface area (Å²) in [5.74, 6) is 0.353. The molecule has 0 saturated heterocycles. The van der Waals surface area contributed by atoms with Crippen molar-refractivity contribution in [2.24, 2.45) is 5.92 Å². The molecule has 0 aliphatic heterocycles. The standard InChI is InChI=1S/C16H21N7O2/c17-9-15-18-11-23(21-15)5-1-3-16(25)20-13-7-12(8-14(13)24)10-22-6-2-4-19-22/h2,4,6,11-14,24H,1,3,5,7-8,10H2,(H,20,25)/t12?,13-,14-/m1/s1. The summed E-state index contributed by atoms with van der Waals surface area (Å²) in [5.41, 5.74) is 0. The molecule has 0 radical (unpaired) electrons. The van der Waals surface area contributed by atoms with E-state index in [9.17, 15) is 9.90 Å². The highest BCUT2D eigenvalue weighted by Gasteiger charge is 2.33. The molecule has 1 aliphatic carbocycles. The first-order chi connectivity index (χ1) is 12.1. The number of hydrogen-bond acceptors (Lipinski definition) is 6. The van der Waals surface area contributed by atoms with Gasteiger partial charge in [-0.15, -0.1) is 5.10 Å². The zero-order chi connectivity index (χ0) is 17.6. The predicted octanol–water partition coefficient (Wildman–Crippen LogP) is 0.0824. The summed E-state index contributed by atoms with van der Waals surface area (Å²) >= 11 is 0. The number of aromatic nitrogens is 5. The minimum Gasteiger partial charge on any atom is -0.391 e. The first kappa shape index (κ1) is 17.1. The molecular formula is C16H21N7O2. The lowest BCUT2D eigenvalue weighted by Gasteiger charge is -2.16. The SMILES string of the molecule is N#Cc1ncn(CCCC(=O)N[C@@H]2CC(Cn3cccn3)C[C@H]2O)n1. The van der Waals surface area contributed by atoms with Crippen LogP contribution in [0.1, 0.15) is 31.5 Å². The lowest BCUT2D eigenvalue weighted by molar-refractivity contribution is -0.122. The maximum Gasteiger partial charge on any atom is 0.252 e. The van der Waals surface area contributed by atoms with Gasteiger partial charge in [-0.3, -0.25) is 14.2 Å². The van der Waals surface area contributed by atoms with Crippen molar-refractivity contribution in [2.75, 3.05) is 0 Å². The van der Waals surface area contributed by atoms with Gasteiger partial charge in [0, 0.05) is 31.9 Å². The van der Waals surface area contributed by atoms with Gasteiger partial charge < -0.3 is 10.4 Å². The van der Waals surface area contributed by atoms with Gasteiger partial charge in [0.2, 0.25) is 5.91 Å². The molecule has 3 rings (SSSR count). The van der Waals surface area contributed by atoms with Crippen LogP contribution in [0.25, 0.3) is 0 Å². The Kier molecular flexibility index (Phi) is 5.40. The van der Waals surface area contributed by atoms with Crippen molar-refractivity contribution in [3.8, 4) is 6.07 Å². The van der Waals surface area contributed by atoms with Crippen LogP contribution in [0, 0.1) is 17.2 Å².